The van der Waals surface area contributed by atoms with E-state index in [9.17, 15) is 4.79 Å². The van der Waals surface area contributed by atoms with Crippen LogP contribution in [0.2, 0.25) is 0 Å². The standard InChI is InChI=1S/C15H13N3OS/c16-13-3-1-11(8-12(13)15(17)19)18-10-2-4-14-9(7-10)5-6-20-14/h1-8,18H,16H2,(H2,17,19). The average molecular weight is 283 g/mol. The van der Waals surface area contributed by atoms with Gasteiger partial charge < -0.3 is 16.8 Å². The van der Waals surface area contributed by atoms with Crippen molar-refractivity contribution < 1.29 is 4.79 Å². The second-order valence-corrected chi connectivity index (χ2v) is 5.41. The van der Waals surface area contributed by atoms with Gasteiger partial charge in [0.15, 0.2) is 0 Å². The van der Waals surface area contributed by atoms with E-state index in [1.807, 2.05) is 12.1 Å². The summed E-state index contributed by atoms with van der Waals surface area (Å²) >= 11 is 1.71. The number of anilines is 3. The van der Waals surface area contributed by atoms with Crippen LogP contribution in [0.1, 0.15) is 10.4 Å². The molecule has 0 atom stereocenters. The van der Waals surface area contributed by atoms with E-state index >= 15 is 0 Å². The summed E-state index contributed by atoms with van der Waals surface area (Å²) in [6, 6.07) is 13.4. The van der Waals surface area contributed by atoms with Gasteiger partial charge in [0.05, 0.1) is 5.56 Å². The van der Waals surface area contributed by atoms with Crippen molar-refractivity contribution in [2.75, 3.05) is 11.1 Å². The van der Waals surface area contributed by atoms with Crippen molar-refractivity contribution in [2.45, 2.75) is 0 Å². The number of fused-ring (bicyclic) bond motifs is 1. The molecular weight excluding hydrogens is 270 g/mol. The summed E-state index contributed by atoms with van der Waals surface area (Å²) in [5.74, 6) is -0.528. The van der Waals surface area contributed by atoms with Crippen molar-refractivity contribution in [3.63, 3.8) is 0 Å². The number of nitrogens with one attached hydrogen (secondary N) is 1. The molecule has 0 saturated heterocycles. The van der Waals surface area contributed by atoms with E-state index in [4.69, 9.17) is 11.5 Å². The first-order chi connectivity index (χ1) is 9.63. The van der Waals surface area contributed by atoms with Crippen LogP contribution >= 0.6 is 11.3 Å². The monoisotopic (exact) mass is 283 g/mol. The number of amides is 1. The molecule has 4 nitrogen and oxygen atoms in total. The molecule has 3 aromatic rings. The second kappa shape index (κ2) is 4.86. The van der Waals surface area contributed by atoms with Crippen LogP contribution in [0.15, 0.2) is 47.8 Å². The van der Waals surface area contributed by atoms with E-state index in [-0.39, 0.29) is 0 Å². The molecule has 1 heterocycles. The van der Waals surface area contributed by atoms with Gasteiger partial charge in [-0.15, -0.1) is 11.3 Å². The van der Waals surface area contributed by atoms with E-state index < -0.39 is 5.91 Å². The zero-order chi connectivity index (χ0) is 14.1. The highest BCUT2D eigenvalue weighted by molar-refractivity contribution is 7.17. The molecule has 0 saturated carbocycles. The first-order valence-corrected chi connectivity index (χ1v) is 6.95. The Kier molecular flexibility index (Phi) is 3.04. The van der Waals surface area contributed by atoms with Gasteiger partial charge in [-0.3, -0.25) is 4.79 Å². The first-order valence-electron chi connectivity index (χ1n) is 6.07. The number of nitrogen functional groups attached to an aromatic ring is 1. The van der Waals surface area contributed by atoms with Gasteiger partial charge in [-0.25, -0.2) is 0 Å². The number of carbonyl (C=O) groups is 1. The van der Waals surface area contributed by atoms with Crippen LogP contribution in [0.4, 0.5) is 17.1 Å². The molecule has 0 spiro atoms. The van der Waals surface area contributed by atoms with Gasteiger partial charge in [0.1, 0.15) is 0 Å². The Bertz CT molecular complexity index is 795. The maximum Gasteiger partial charge on any atom is 0.250 e. The van der Waals surface area contributed by atoms with Crippen molar-refractivity contribution in [1.82, 2.24) is 0 Å². The smallest absolute Gasteiger partial charge is 0.250 e. The van der Waals surface area contributed by atoms with E-state index in [2.05, 4.69) is 28.9 Å². The SMILES string of the molecule is NC(=O)c1cc(Nc2ccc3sccc3c2)ccc1N. The highest BCUT2D eigenvalue weighted by Gasteiger charge is 2.07. The molecule has 0 fully saturated rings. The molecule has 0 aliphatic rings. The number of benzene rings is 2. The summed E-state index contributed by atoms with van der Waals surface area (Å²) in [7, 11) is 0. The number of nitrogens with two attached hydrogens (primary N) is 2. The molecule has 0 aliphatic carbocycles. The Morgan fingerprint density at radius 1 is 1.05 bits per heavy atom. The summed E-state index contributed by atoms with van der Waals surface area (Å²) in [4.78, 5) is 11.3. The molecule has 100 valence electrons. The third-order valence-electron chi connectivity index (χ3n) is 3.06. The van der Waals surface area contributed by atoms with Crippen LogP contribution in [0.25, 0.3) is 10.1 Å². The normalized spacial score (nSPS) is 10.6. The summed E-state index contributed by atoms with van der Waals surface area (Å²) in [6.45, 7) is 0. The lowest BCUT2D eigenvalue weighted by Gasteiger charge is -2.09. The summed E-state index contributed by atoms with van der Waals surface area (Å²) in [5.41, 5.74) is 13.5. The number of primary amides is 1. The van der Waals surface area contributed by atoms with Crippen LogP contribution in [0.3, 0.4) is 0 Å². The first kappa shape index (κ1) is 12.5. The van der Waals surface area contributed by atoms with Crippen LogP contribution < -0.4 is 16.8 Å². The van der Waals surface area contributed by atoms with Gasteiger partial charge in [-0.05, 0) is 53.2 Å². The van der Waals surface area contributed by atoms with E-state index in [0.29, 0.717) is 11.3 Å². The van der Waals surface area contributed by atoms with Crippen LogP contribution in [0.5, 0.6) is 0 Å². The van der Waals surface area contributed by atoms with Crippen LogP contribution in [-0.4, -0.2) is 5.91 Å². The molecule has 1 amide bonds. The van der Waals surface area contributed by atoms with Gasteiger partial charge in [0, 0.05) is 21.8 Å². The van der Waals surface area contributed by atoms with E-state index in [0.717, 1.165) is 11.4 Å². The van der Waals surface area contributed by atoms with E-state index in [1.165, 1.54) is 10.1 Å². The predicted molar refractivity (Wildman–Crippen MR) is 84.5 cm³/mol. The molecule has 5 N–H and O–H groups in total. The fraction of sp³-hybridized carbons (Fsp3) is 0. The zero-order valence-electron chi connectivity index (χ0n) is 10.6. The Labute approximate surface area is 120 Å². The van der Waals surface area contributed by atoms with Gasteiger partial charge in [0.25, 0.3) is 5.91 Å². The third kappa shape index (κ3) is 2.31. The number of rotatable bonds is 3. The van der Waals surface area contributed by atoms with Crippen LogP contribution in [0, 0.1) is 0 Å². The average Bonchev–Trinajstić information content (AvgIpc) is 2.88. The lowest BCUT2D eigenvalue weighted by atomic mass is 10.1. The third-order valence-corrected chi connectivity index (χ3v) is 3.96. The number of hydrogen-bond acceptors (Lipinski definition) is 4. The minimum atomic E-state index is -0.528. The number of thiophene rings is 1. The van der Waals surface area contributed by atoms with Crippen molar-refractivity contribution >= 4 is 44.4 Å². The largest absolute Gasteiger partial charge is 0.398 e. The van der Waals surface area contributed by atoms with Crippen molar-refractivity contribution in [3.05, 3.63) is 53.4 Å². The minimum Gasteiger partial charge on any atom is -0.398 e. The maximum atomic E-state index is 11.3. The molecule has 1 aromatic heterocycles. The highest BCUT2D eigenvalue weighted by atomic mass is 32.1. The zero-order valence-corrected chi connectivity index (χ0v) is 11.4. The molecule has 0 radical (unpaired) electrons. The molecule has 20 heavy (non-hydrogen) atoms. The Balaban J connectivity index is 1.94. The minimum absolute atomic E-state index is 0.326. The highest BCUT2D eigenvalue weighted by Crippen LogP contribution is 2.27. The topological polar surface area (TPSA) is 81.1 Å². The molecular formula is C15H13N3OS. The molecule has 0 unspecified atom stereocenters. The summed E-state index contributed by atoms with van der Waals surface area (Å²) in [5, 5.41) is 6.49. The van der Waals surface area contributed by atoms with Crippen molar-refractivity contribution in [2.24, 2.45) is 5.73 Å². The lowest BCUT2D eigenvalue weighted by molar-refractivity contribution is 0.100. The van der Waals surface area contributed by atoms with Gasteiger partial charge in [0.2, 0.25) is 0 Å². The molecule has 0 bridgehead atoms. The van der Waals surface area contributed by atoms with Crippen molar-refractivity contribution in [1.29, 1.82) is 0 Å². The predicted octanol–water partition coefficient (Wildman–Crippen LogP) is 3.33. The number of hydrogen-bond donors (Lipinski definition) is 3. The Morgan fingerprint density at radius 3 is 2.60 bits per heavy atom. The summed E-state index contributed by atoms with van der Waals surface area (Å²) in [6.07, 6.45) is 0. The van der Waals surface area contributed by atoms with Gasteiger partial charge in [-0.2, -0.15) is 0 Å². The Hall–Kier alpha value is -2.53. The Morgan fingerprint density at radius 2 is 1.80 bits per heavy atom. The number of carbonyl (C=O) groups excluding carboxylic acids is 1. The summed E-state index contributed by atoms with van der Waals surface area (Å²) < 4.78 is 1.24. The molecule has 2 aromatic carbocycles. The fourth-order valence-electron chi connectivity index (χ4n) is 2.06. The van der Waals surface area contributed by atoms with E-state index in [1.54, 1.807) is 23.5 Å². The van der Waals surface area contributed by atoms with Crippen LogP contribution in [-0.2, 0) is 0 Å². The van der Waals surface area contributed by atoms with Gasteiger partial charge in [-0.1, -0.05) is 0 Å². The molecule has 3 rings (SSSR count). The quantitative estimate of drug-likeness (QED) is 0.645. The molecule has 5 heteroatoms. The lowest BCUT2D eigenvalue weighted by Crippen LogP contribution is -2.13. The maximum absolute atomic E-state index is 11.3. The molecule has 0 aliphatic heterocycles. The van der Waals surface area contributed by atoms with Gasteiger partial charge >= 0.3 is 0 Å². The second-order valence-electron chi connectivity index (χ2n) is 4.46. The fourth-order valence-corrected chi connectivity index (χ4v) is 2.83. The van der Waals surface area contributed by atoms with Crippen molar-refractivity contribution in [3.8, 4) is 0 Å².